The van der Waals surface area contributed by atoms with E-state index in [0.29, 0.717) is 0 Å². The van der Waals surface area contributed by atoms with Gasteiger partial charge in [-0.1, -0.05) is 13.2 Å². The van der Waals surface area contributed by atoms with E-state index in [1.54, 1.807) is 0 Å². The van der Waals surface area contributed by atoms with Gasteiger partial charge in [0.1, 0.15) is 0 Å². The summed E-state index contributed by atoms with van der Waals surface area (Å²) in [5.41, 5.74) is 6.27. The largest absolute Gasteiger partial charge is 0.397 e. The summed E-state index contributed by atoms with van der Waals surface area (Å²) in [7, 11) is -4.14. The van der Waals surface area contributed by atoms with Crippen LogP contribution in [-0.4, -0.2) is 9.79 Å². The molecule has 0 amide bonds. The van der Waals surface area contributed by atoms with Crippen LogP contribution in [0.25, 0.3) is 0 Å². The van der Waals surface area contributed by atoms with Crippen molar-refractivity contribution in [1.29, 1.82) is 0 Å². The van der Waals surface area contributed by atoms with E-state index >= 15 is 0 Å². The molecule has 0 saturated carbocycles. The van der Waals surface area contributed by atoms with Gasteiger partial charge in [-0.2, -0.15) is 0 Å². The summed E-state index contributed by atoms with van der Waals surface area (Å²) in [5, 5.41) is 0. The van der Waals surface area contributed by atoms with Crippen molar-refractivity contribution >= 4 is 7.75 Å². The van der Waals surface area contributed by atoms with Crippen LogP contribution >= 0.6 is 7.75 Å². The van der Waals surface area contributed by atoms with E-state index < -0.39 is 7.75 Å². The minimum Gasteiger partial charge on any atom is -0.344 e. The molecule has 9 heavy (non-hydrogen) atoms. The molecule has 0 saturated heterocycles. The molecule has 0 aliphatic rings. The Balaban J connectivity index is -0.0000000800. The van der Waals surface area contributed by atoms with Crippen LogP contribution in [0.2, 0.25) is 0 Å². The molecule has 6 heteroatoms. The highest BCUT2D eigenvalue weighted by atomic mass is 31.2. The smallest absolute Gasteiger partial charge is 0.344 e. The summed E-state index contributed by atoms with van der Waals surface area (Å²) in [6, 6.07) is 0. The fourth-order valence-corrected chi connectivity index (χ4v) is 0. The number of nitrogens with two attached hydrogens (primary N) is 1. The van der Waals surface area contributed by atoms with Crippen LogP contribution in [0, 0.1) is 0 Å². The van der Waals surface area contributed by atoms with E-state index in [-0.39, 0.29) is 6.15 Å². The molecule has 0 aromatic carbocycles. The highest BCUT2D eigenvalue weighted by Crippen LogP contribution is 2.20. The first-order chi connectivity index (χ1) is 3.41. The molecule has 5 nitrogen and oxygen atoms in total. The second kappa shape index (κ2) is 7.59. The Bertz CT molecular complexity index is 115. The second-order valence-electron chi connectivity index (χ2n) is 0.839. The van der Waals surface area contributed by atoms with Crippen LogP contribution in [0.4, 0.5) is 0 Å². The lowest BCUT2D eigenvalue weighted by Crippen LogP contribution is -1.87. The average molecular weight is 154 g/mol. The summed E-state index contributed by atoms with van der Waals surface area (Å²) in [6.45, 7) is 6.25. The maximum Gasteiger partial charge on any atom is 0.397 e. The average Bonchev–Trinajstić information content (AvgIpc) is 1.27. The van der Waals surface area contributed by atoms with Crippen LogP contribution < -0.4 is 11.7 Å². The van der Waals surface area contributed by atoms with Crippen molar-refractivity contribution < 1.29 is 14.4 Å². The summed E-state index contributed by atoms with van der Waals surface area (Å²) in [6.07, 6.45) is 0. The molecule has 0 spiro atoms. The summed E-state index contributed by atoms with van der Waals surface area (Å²) in [4.78, 5) is 14.8. The molecule has 0 aliphatic carbocycles. The minimum atomic E-state index is -4.14. The third-order valence-electron chi connectivity index (χ3n) is 0. The Morgan fingerprint density at radius 1 is 1.44 bits per heavy atom. The zero-order valence-corrected chi connectivity index (χ0v) is 5.84. The van der Waals surface area contributed by atoms with Crippen LogP contribution in [0.3, 0.4) is 0 Å². The van der Waals surface area contributed by atoms with Crippen LogP contribution in [0.15, 0.2) is 18.9 Å². The molecule has 7 N–H and O–H groups in total. The highest BCUT2D eigenvalue weighted by molar-refractivity contribution is 7.49. The molecular weight excluding hydrogens is 143 g/mol. The van der Waals surface area contributed by atoms with Gasteiger partial charge in [0.2, 0.25) is 0 Å². The zero-order valence-electron chi connectivity index (χ0n) is 4.95. The van der Waals surface area contributed by atoms with E-state index in [2.05, 4.69) is 24.4 Å². The van der Waals surface area contributed by atoms with Crippen molar-refractivity contribution in [2.45, 2.75) is 0 Å². The maximum atomic E-state index is 9.10. The van der Waals surface area contributed by atoms with Crippen LogP contribution in [-0.2, 0) is 4.57 Å². The molecule has 0 radical (unpaired) electrons. The Morgan fingerprint density at radius 3 is 1.44 bits per heavy atom. The van der Waals surface area contributed by atoms with Gasteiger partial charge in [0.05, 0.1) is 0 Å². The fourth-order valence-electron chi connectivity index (χ4n) is 0. The summed E-state index contributed by atoms with van der Waals surface area (Å²) >= 11 is 0. The van der Waals surface area contributed by atoms with Crippen molar-refractivity contribution in [1.82, 2.24) is 6.15 Å². The van der Waals surface area contributed by atoms with Crippen molar-refractivity contribution in [3.63, 3.8) is 0 Å². The minimum absolute atomic E-state index is 0. The molecule has 0 fully saturated rings. The Hall–Kier alpha value is -0.410. The van der Waals surface area contributed by atoms with E-state index in [1.165, 1.54) is 0 Å². The summed E-state index contributed by atoms with van der Waals surface area (Å²) in [5.74, 6) is 0. The van der Waals surface area contributed by atoms with Gasteiger partial charge in [-0.05, 0) is 0 Å². The zero-order chi connectivity index (χ0) is 7.21. The molecule has 0 bridgehead atoms. The Kier molecular flexibility index (Phi) is 13.4. The van der Waals surface area contributed by atoms with Gasteiger partial charge < -0.3 is 15.9 Å². The standard InChI is InChI=1S/C3H4.H4NO3P.H3N/c1-3-2;1-5(2,3)4;/h1-2H2;(H4,1,2,3,4);1H3. The number of rotatable bonds is 0. The monoisotopic (exact) mass is 154 g/mol. The van der Waals surface area contributed by atoms with Crippen LogP contribution in [0.1, 0.15) is 0 Å². The van der Waals surface area contributed by atoms with E-state index in [1.807, 2.05) is 0 Å². The highest BCUT2D eigenvalue weighted by Gasteiger charge is 1.96. The fraction of sp³-hybridized carbons (Fsp3) is 0. The first kappa shape index (κ1) is 15.8. The third-order valence-corrected chi connectivity index (χ3v) is 0. The Labute approximate surface area is 53.7 Å². The summed E-state index contributed by atoms with van der Waals surface area (Å²) < 4.78 is 9.10. The van der Waals surface area contributed by atoms with Gasteiger partial charge in [-0.15, -0.1) is 5.73 Å². The SMILES string of the molecule is C=C=C.N.NP(=O)(O)O. The molecule has 0 atom stereocenters. The Morgan fingerprint density at radius 2 is 1.44 bits per heavy atom. The maximum absolute atomic E-state index is 9.10. The normalized spacial score (nSPS) is 7.44. The first-order valence-electron chi connectivity index (χ1n) is 1.55. The van der Waals surface area contributed by atoms with Crippen molar-refractivity contribution in [3.8, 4) is 0 Å². The predicted molar refractivity (Wildman–Crippen MR) is 36.0 cm³/mol. The molecule has 0 rings (SSSR count). The van der Waals surface area contributed by atoms with Crippen molar-refractivity contribution in [3.05, 3.63) is 18.9 Å². The molecule has 0 heterocycles. The lowest BCUT2D eigenvalue weighted by atomic mass is 11.0. The predicted octanol–water partition coefficient (Wildman–Crippen LogP) is 0.157. The van der Waals surface area contributed by atoms with Gasteiger partial charge in [0.15, 0.2) is 0 Å². The molecule has 0 aromatic heterocycles. The van der Waals surface area contributed by atoms with Gasteiger partial charge >= 0.3 is 7.75 Å². The van der Waals surface area contributed by atoms with Gasteiger partial charge in [0, 0.05) is 0 Å². The van der Waals surface area contributed by atoms with Crippen molar-refractivity contribution in [2.24, 2.45) is 5.50 Å². The molecule has 56 valence electrons. The third kappa shape index (κ3) is 1410. The number of hydrogen-bond donors (Lipinski definition) is 4. The molecule has 0 aromatic rings. The van der Waals surface area contributed by atoms with E-state index in [9.17, 15) is 0 Å². The molecule has 0 unspecified atom stereocenters. The lowest BCUT2D eigenvalue weighted by Gasteiger charge is -1.84. The topological polar surface area (TPSA) is 119 Å². The van der Waals surface area contributed by atoms with E-state index in [0.717, 1.165) is 0 Å². The first-order valence-corrected chi connectivity index (χ1v) is 3.23. The van der Waals surface area contributed by atoms with Crippen molar-refractivity contribution in [2.75, 3.05) is 0 Å². The van der Waals surface area contributed by atoms with Crippen LogP contribution in [0.5, 0.6) is 0 Å². The quantitative estimate of drug-likeness (QED) is 0.292. The molecular formula is C3H11N2O3P. The van der Waals surface area contributed by atoms with Gasteiger partial charge in [-0.3, -0.25) is 0 Å². The number of hydrogen-bond acceptors (Lipinski definition) is 2. The van der Waals surface area contributed by atoms with E-state index in [4.69, 9.17) is 14.4 Å². The second-order valence-corrected chi connectivity index (χ2v) is 2.02. The van der Waals surface area contributed by atoms with Gasteiger partial charge in [0.25, 0.3) is 0 Å². The molecule has 0 aliphatic heterocycles. The van der Waals surface area contributed by atoms with Gasteiger partial charge in [-0.25, -0.2) is 10.1 Å². The lowest BCUT2D eigenvalue weighted by molar-refractivity contribution is 0.374.